The predicted molar refractivity (Wildman–Crippen MR) is 86.8 cm³/mol. The van der Waals surface area contributed by atoms with Crippen molar-refractivity contribution in [1.29, 1.82) is 0 Å². The Kier molecular flexibility index (Phi) is 5.08. The molecular weight excluding hydrogens is 313 g/mol. The van der Waals surface area contributed by atoms with E-state index in [1.165, 1.54) is 0 Å². The predicted octanol–water partition coefficient (Wildman–Crippen LogP) is 4.45. The Morgan fingerprint density at radius 2 is 1.80 bits per heavy atom. The molecule has 0 radical (unpaired) electrons. The number of benzene rings is 2. The topological polar surface area (TPSA) is 43.1 Å². The van der Waals surface area contributed by atoms with Gasteiger partial charge in [0.05, 0.1) is 16.6 Å². The van der Waals surface area contributed by atoms with E-state index in [0.717, 1.165) is 22.6 Å². The van der Waals surface area contributed by atoms with Crippen molar-refractivity contribution >= 4 is 39.7 Å². The molecule has 2 aromatic carbocycles. The first kappa shape index (κ1) is 15.4. The molecule has 2 aromatic rings. The molecule has 2 nitrogen and oxygen atoms in total. The number of aryl methyl sites for hydroxylation is 1. The van der Waals surface area contributed by atoms with Crippen LogP contribution in [0.5, 0.6) is 0 Å². The molecule has 0 aliphatic rings. The minimum atomic E-state index is -1.20. The Morgan fingerprint density at radius 1 is 1.15 bits per heavy atom. The molecule has 0 bridgehead atoms. The lowest BCUT2D eigenvalue weighted by Gasteiger charge is -2.09. The van der Waals surface area contributed by atoms with Gasteiger partial charge in [0, 0.05) is 26.2 Å². The van der Waals surface area contributed by atoms with Crippen LogP contribution >= 0.6 is 23.2 Å². The third-order valence-corrected chi connectivity index (χ3v) is 5.13. The average molecular weight is 328 g/mol. The summed E-state index contributed by atoms with van der Waals surface area (Å²) >= 11 is 12.2. The van der Waals surface area contributed by atoms with Crippen molar-refractivity contribution in [2.24, 2.45) is 0 Å². The van der Waals surface area contributed by atoms with Crippen molar-refractivity contribution in [2.75, 3.05) is 5.73 Å². The third-order valence-electron chi connectivity index (χ3n) is 3.10. The highest BCUT2D eigenvalue weighted by atomic mass is 35.5. The fourth-order valence-corrected chi connectivity index (χ4v) is 3.84. The SMILES string of the molecule is CCc1cc(S(=O)Cc2c(Cl)cccc2Cl)ccc1N. The second kappa shape index (κ2) is 6.61. The Labute approximate surface area is 131 Å². The van der Waals surface area contributed by atoms with Crippen molar-refractivity contribution in [3.63, 3.8) is 0 Å². The molecule has 20 heavy (non-hydrogen) atoms. The number of anilines is 1. The molecule has 0 fully saturated rings. The molecule has 0 heterocycles. The summed E-state index contributed by atoms with van der Waals surface area (Å²) in [6.07, 6.45) is 0.809. The molecule has 0 saturated heterocycles. The minimum absolute atomic E-state index is 0.297. The number of nitrogen functional groups attached to an aromatic ring is 1. The molecular formula is C15H15Cl2NOS. The van der Waals surface area contributed by atoms with Crippen molar-refractivity contribution < 1.29 is 4.21 Å². The van der Waals surface area contributed by atoms with Crippen LogP contribution in [0.25, 0.3) is 0 Å². The Bertz CT molecular complexity index is 638. The maximum Gasteiger partial charge on any atom is 0.0575 e. The highest BCUT2D eigenvalue weighted by Crippen LogP contribution is 2.27. The number of nitrogens with two attached hydrogens (primary N) is 1. The first-order valence-electron chi connectivity index (χ1n) is 6.22. The summed E-state index contributed by atoms with van der Waals surface area (Å²) in [5.74, 6) is 0.297. The molecule has 0 amide bonds. The van der Waals surface area contributed by atoms with Gasteiger partial charge in [-0.2, -0.15) is 0 Å². The molecule has 106 valence electrons. The van der Waals surface area contributed by atoms with Gasteiger partial charge in [-0.1, -0.05) is 36.2 Å². The Hall–Kier alpha value is -1.03. The molecule has 5 heteroatoms. The van der Waals surface area contributed by atoms with Crippen LogP contribution in [0.2, 0.25) is 10.0 Å². The van der Waals surface area contributed by atoms with Crippen LogP contribution in [0.15, 0.2) is 41.3 Å². The summed E-state index contributed by atoms with van der Waals surface area (Å²) in [5.41, 5.74) is 8.30. The van der Waals surface area contributed by atoms with Gasteiger partial charge in [0.2, 0.25) is 0 Å². The molecule has 1 unspecified atom stereocenters. The molecule has 0 aromatic heterocycles. The van der Waals surface area contributed by atoms with Crippen LogP contribution in [0.3, 0.4) is 0 Å². The first-order chi connectivity index (χ1) is 9.52. The van der Waals surface area contributed by atoms with E-state index in [2.05, 4.69) is 0 Å². The fraction of sp³-hybridized carbons (Fsp3) is 0.200. The monoisotopic (exact) mass is 327 g/mol. The molecule has 2 rings (SSSR count). The maximum atomic E-state index is 12.5. The number of hydrogen-bond donors (Lipinski definition) is 1. The Morgan fingerprint density at radius 3 is 2.40 bits per heavy atom. The van der Waals surface area contributed by atoms with Crippen molar-refractivity contribution in [3.05, 3.63) is 57.6 Å². The standard InChI is InChI=1S/C15H15Cl2NOS/c1-2-10-8-11(6-7-15(10)18)20(19)9-12-13(16)4-3-5-14(12)17/h3-8H,2,9,18H2,1H3. The summed E-state index contributed by atoms with van der Waals surface area (Å²) in [4.78, 5) is 0.743. The lowest BCUT2D eigenvalue weighted by molar-refractivity contribution is 0.682. The zero-order valence-electron chi connectivity index (χ0n) is 11.0. The smallest absolute Gasteiger partial charge is 0.0575 e. The highest BCUT2D eigenvalue weighted by molar-refractivity contribution is 7.84. The van der Waals surface area contributed by atoms with Gasteiger partial charge in [-0.15, -0.1) is 0 Å². The summed E-state index contributed by atoms with van der Waals surface area (Å²) in [6.45, 7) is 2.02. The van der Waals surface area contributed by atoms with Gasteiger partial charge < -0.3 is 5.73 Å². The van der Waals surface area contributed by atoms with Crippen molar-refractivity contribution in [1.82, 2.24) is 0 Å². The summed E-state index contributed by atoms with van der Waals surface area (Å²) < 4.78 is 12.5. The van der Waals surface area contributed by atoms with Gasteiger partial charge in [0.1, 0.15) is 0 Å². The quantitative estimate of drug-likeness (QED) is 0.843. The number of hydrogen-bond acceptors (Lipinski definition) is 2. The van der Waals surface area contributed by atoms with Gasteiger partial charge in [0.25, 0.3) is 0 Å². The average Bonchev–Trinajstić information content (AvgIpc) is 2.43. The normalized spacial score (nSPS) is 12.3. The first-order valence-corrected chi connectivity index (χ1v) is 8.30. The minimum Gasteiger partial charge on any atom is -0.399 e. The molecule has 0 saturated carbocycles. The molecule has 0 aliphatic carbocycles. The Balaban J connectivity index is 2.29. The van der Waals surface area contributed by atoms with E-state index in [-0.39, 0.29) is 0 Å². The largest absolute Gasteiger partial charge is 0.399 e. The van der Waals surface area contributed by atoms with Crippen LogP contribution in [-0.2, 0) is 23.0 Å². The van der Waals surface area contributed by atoms with Gasteiger partial charge in [-0.25, -0.2) is 0 Å². The van der Waals surface area contributed by atoms with Crippen molar-refractivity contribution in [3.8, 4) is 0 Å². The lowest BCUT2D eigenvalue weighted by atomic mass is 10.1. The van der Waals surface area contributed by atoms with E-state index < -0.39 is 10.8 Å². The summed E-state index contributed by atoms with van der Waals surface area (Å²) in [7, 11) is -1.20. The molecule has 1 atom stereocenters. The van der Waals surface area contributed by atoms with Crippen LogP contribution in [0, 0.1) is 0 Å². The van der Waals surface area contributed by atoms with Crippen LogP contribution in [0.4, 0.5) is 5.69 Å². The summed E-state index contributed by atoms with van der Waals surface area (Å²) in [5, 5.41) is 1.08. The molecule has 2 N–H and O–H groups in total. The van der Waals surface area contributed by atoms with Crippen molar-refractivity contribution in [2.45, 2.75) is 24.0 Å². The van der Waals surface area contributed by atoms with E-state index >= 15 is 0 Å². The second-order valence-corrected chi connectivity index (χ2v) is 6.67. The zero-order valence-corrected chi connectivity index (χ0v) is 13.4. The molecule has 0 aliphatic heterocycles. The second-order valence-electron chi connectivity index (χ2n) is 4.40. The lowest BCUT2D eigenvalue weighted by Crippen LogP contribution is -2.01. The number of rotatable bonds is 4. The third kappa shape index (κ3) is 3.35. The van der Waals surface area contributed by atoms with E-state index in [1.54, 1.807) is 30.3 Å². The summed E-state index contributed by atoms with van der Waals surface area (Å²) in [6, 6.07) is 10.7. The van der Waals surface area contributed by atoms with E-state index in [4.69, 9.17) is 28.9 Å². The fourth-order valence-electron chi connectivity index (χ4n) is 1.91. The van der Waals surface area contributed by atoms with Gasteiger partial charge in [0.15, 0.2) is 0 Å². The van der Waals surface area contributed by atoms with E-state index in [0.29, 0.717) is 21.4 Å². The maximum absolute atomic E-state index is 12.5. The number of halogens is 2. The van der Waals surface area contributed by atoms with Gasteiger partial charge in [-0.05, 0) is 42.3 Å². The zero-order chi connectivity index (χ0) is 14.7. The van der Waals surface area contributed by atoms with E-state index in [1.807, 2.05) is 13.0 Å². The van der Waals surface area contributed by atoms with Crippen LogP contribution in [-0.4, -0.2) is 4.21 Å². The van der Waals surface area contributed by atoms with Crippen LogP contribution in [0.1, 0.15) is 18.1 Å². The molecule has 0 spiro atoms. The van der Waals surface area contributed by atoms with Gasteiger partial charge >= 0.3 is 0 Å². The van der Waals surface area contributed by atoms with Gasteiger partial charge in [-0.3, -0.25) is 4.21 Å². The highest BCUT2D eigenvalue weighted by Gasteiger charge is 2.12. The van der Waals surface area contributed by atoms with E-state index in [9.17, 15) is 4.21 Å². The van der Waals surface area contributed by atoms with Crippen LogP contribution < -0.4 is 5.73 Å².